The first-order chi connectivity index (χ1) is 18.7. The van der Waals surface area contributed by atoms with Crippen molar-refractivity contribution in [3.63, 3.8) is 0 Å². The number of likely N-dealkylation sites (tertiary alicyclic amines) is 1. The van der Waals surface area contributed by atoms with Crippen LogP contribution < -0.4 is 4.74 Å². The Kier molecular flexibility index (Phi) is 6.07. The van der Waals surface area contributed by atoms with Crippen molar-refractivity contribution in [2.45, 2.75) is 32.2 Å². The number of rotatable bonds is 4. The summed E-state index contributed by atoms with van der Waals surface area (Å²) < 4.78 is 5.33. The molecule has 8 heteroatoms. The van der Waals surface area contributed by atoms with Crippen molar-refractivity contribution in [3.8, 4) is 11.5 Å². The largest absolute Gasteiger partial charge is 0.503 e. The Morgan fingerprint density at radius 3 is 2.51 bits per heavy atom. The number of benzene rings is 2. The van der Waals surface area contributed by atoms with Gasteiger partial charge in [0, 0.05) is 22.6 Å². The van der Waals surface area contributed by atoms with Gasteiger partial charge < -0.3 is 9.84 Å². The van der Waals surface area contributed by atoms with Gasteiger partial charge in [0.05, 0.1) is 30.5 Å². The molecule has 0 bridgehead atoms. The molecule has 2 amide bonds. The zero-order valence-corrected chi connectivity index (χ0v) is 22.2. The summed E-state index contributed by atoms with van der Waals surface area (Å²) in [4.78, 5) is 55.4. The van der Waals surface area contributed by atoms with Gasteiger partial charge >= 0.3 is 0 Å². The number of fused-ring (bicyclic) bond motifs is 3. The quantitative estimate of drug-likeness (QED) is 0.341. The average Bonchev–Trinajstić information content (AvgIpc) is 3.17. The van der Waals surface area contributed by atoms with Gasteiger partial charge in [0.15, 0.2) is 23.1 Å². The minimum absolute atomic E-state index is 0.0466. The highest BCUT2D eigenvalue weighted by atomic mass is 35.5. The molecule has 0 radical (unpaired) electrons. The first-order valence-electron chi connectivity index (χ1n) is 12.9. The lowest BCUT2D eigenvalue weighted by Gasteiger charge is -2.42. The van der Waals surface area contributed by atoms with Crippen LogP contribution >= 0.6 is 11.6 Å². The van der Waals surface area contributed by atoms with Crippen molar-refractivity contribution in [1.82, 2.24) is 4.90 Å². The highest BCUT2D eigenvalue weighted by Gasteiger charge is 2.56. The molecule has 7 nitrogen and oxygen atoms in total. The van der Waals surface area contributed by atoms with Crippen LogP contribution in [0.4, 0.5) is 0 Å². The lowest BCUT2D eigenvalue weighted by molar-refractivity contribution is -0.140. The van der Waals surface area contributed by atoms with Crippen LogP contribution in [0.25, 0.3) is 0 Å². The van der Waals surface area contributed by atoms with Gasteiger partial charge in [-0.25, -0.2) is 0 Å². The number of carbonyl (C=O) groups excluding carboxylic acids is 4. The molecule has 6 rings (SSSR count). The molecule has 1 heterocycles. The fraction of sp³-hybridized carbons (Fsp3) is 0.290. The Balaban J connectivity index is 1.47. The zero-order chi connectivity index (χ0) is 27.6. The molecule has 39 heavy (non-hydrogen) atoms. The first-order valence-corrected chi connectivity index (χ1v) is 13.2. The van der Waals surface area contributed by atoms with E-state index in [2.05, 4.69) is 0 Å². The number of hydrogen-bond acceptors (Lipinski definition) is 6. The number of ketones is 2. The number of ether oxygens (including phenoxy) is 1. The minimum atomic E-state index is -0.668. The van der Waals surface area contributed by atoms with Crippen LogP contribution in [0.2, 0.25) is 5.02 Å². The fourth-order valence-electron chi connectivity index (χ4n) is 6.66. The number of aromatic hydroxyl groups is 1. The lowest BCUT2D eigenvalue weighted by atomic mass is 9.59. The second kappa shape index (κ2) is 9.35. The molecule has 1 N–H and O–H groups in total. The normalized spacial score (nSPS) is 26.2. The maximum absolute atomic E-state index is 13.8. The summed E-state index contributed by atoms with van der Waals surface area (Å²) in [5, 5.41) is 10.4. The van der Waals surface area contributed by atoms with Crippen molar-refractivity contribution in [3.05, 3.63) is 93.1 Å². The average molecular weight is 544 g/mol. The Morgan fingerprint density at radius 2 is 1.79 bits per heavy atom. The predicted octanol–water partition coefficient (Wildman–Crippen LogP) is 4.68. The van der Waals surface area contributed by atoms with Crippen molar-refractivity contribution >= 4 is 35.0 Å². The highest BCUT2D eigenvalue weighted by molar-refractivity contribution is 6.32. The van der Waals surface area contributed by atoms with Gasteiger partial charge in [0.1, 0.15) is 0 Å². The Morgan fingerprint density at radius 1 is 1.05 bits per heavy atom. The third-order valence-electron chi connectivity index (χ3n) is 8.44. The second-order valence-corrected chi connectivity index (χ2v) is 10.9. The minimum Gasteiger partial charge on any atom is -0.503 e. The van der Waals surface area contributed by atoms with Crippen LogP contribution in [-0.2, 0) is 25.7 Å². The van der Waals surface area contributed by atoms with Crippen LogP contribution in [0.5, 0.6) is 11.5 Å². The number of halogens is 1. The molecule has 4 atom stereocenters. The standard InChI is InChI=1S/C31H26ClNO6/c1-15-10-23(34)27-21(28(15)35)13-20-18(25(27)17-11-22(32)29(36)24(12-17)39-2)8-9-19-26(20)31(38)33(30(19)37)14-16-6-4-3-5-7-16/h3-8,10-12,19-20,25-26,36H,9,13-14H2,1-2H3/t19-,20+,25-,26-/m0/s1. The first kappa shape index (κ1) is 25.3. The lowest BCUT2D eigenvalue weighted by Crippen LogP contribution is -2.39. The maximum atomic E-state index is 13.8. The zero-order valence-electron chi connectivity index (χ0n) is 21.4. The van der Waals surface area contributed by atoms with E-state index in [1.165, 1.54) is 18.1 Å². The molecule has 1 aliphatic heterocycles. The molecule has 2 aromatic rings. The van der Waals surface area contributed by atoms with Crippen LogP contribution in [0, 0.1) is 17.8 Å². The number of hydrogen-bond donors (Lipinski definition) is 1. The number of Topliss-reactive ketones (excluding diaryl/α,β-unsaturated/α-hetero) is 1. The van der Waals surface area contributed by atoms with E-state index in [4.69, 9.17) is 16.3 Å². The van der Waals surface area contributed by atoms with E-state index in [0.717, 1.165) is 11.1 Å². The second-order valence-electron chi connectivity index (χ2n) is 10.5. The monoisotopic (exact) mass is 543 g/mol. The van der Waals surface area contributed by atoms with E-state index in [1.807, 2.05) is 36.4 Å². The molecule has 198 valence electrons. The Labute approximate surface area is 230 Å². The van der Waals surface area contributed by atoms with E-state index in [1.54, 1.807) is 19.1 Å². The van der Waals surface area contributed by atoms with E-state index >= 15 is 0 Å². The van der Waals surface area contributed by atoms with Gasteiger partial charge in [-0.05, 0) is 55.0 Å². The third-order valence-corrected chi connectivity index (χ3v) is 8.73. The molecule has 3 aliphatic carbocycles. The van der Waals surface area contributed by atoms with Gasteiger partial charge in [0.25, 0.3) is 0 Å². The molecular weight excluding hydrogens is 518 g/mol. The molecule has 0 spiro atoms. The van der Waals surface area contributed by atoms with E-state index in [9.17, 15) is 24.3 Å². The molecule has 2 aromatic carbocycles. The van der Waals surface area contributed by atoms with Gasteiger partial charge in [-0.3, -0.25) is 24.1 Å². The van der Waals surface area contributed by atoms with E-state index < -0.39 is 23.7 Å². The molecule has 1 saturated heterocycles. The number of phenolic OH excluding ortho intramolecular Hbond substituents is 1. The SMILES string of the molecule is COc1cc([C@H]2C3=CC[C@@H]4C(=O)N(Cc5ccccc5)C(=O)[C@@H]4[C@@H]3CC3=C2C(=O)C=C(C)C3=O)cc(Cl)c1O. The Hall–Kier alpha value is -3.97. The van der Waals surface area contributed by atoms with Gasteiger partial charge in [-0.15, -0.1) is 0 Å². The molecule has 4 aliphatic rings. The number of phenols is 1. The number of allylic oxidation sites excluding steroid dienone is 6. The van der Waals surface area contributed by atoms with Crippen molar-refractivity contribution in [2.75, 3.05) is 7.11 Å². The van der Waals surface area contributed by atoms with Gasteiger partial charge in [-0.2, -0.15) is 0 Å². The summed E-state index contributed by atoms with van der Waals surface area (Å²) in [6.07, 6.45) is 3.86. The molecule has 0 unspecified atom stereocenters. The van der Waals surface area contributed by atoms with Crippen molar-refractivity contribution in [1.29, 1.82) is 0 Å². The number of amides is 2. The molecule has 0 saturated carbocycles. The van der Waals surface area contributed by atoms with Crippen molar-refractivity contribution in [2.24, 2.45) is 17.8 Å². The molecule has 0 aromatic heterocycles. The molecular formula is C31H26ClNO6. The van der Waals surface area contributed by atoms with E-state index in [-0.39, 0.29) is 52.9 Å². The van der Waals surface area contributed by atoms with Crippen molar-refractivity contribution < 1.29 is 29.0 Å². The van der Waals surface area contributed by atoms with Crippen LogP contribution in [0.15, 0.2) is 76.9 Å². The number of carbonyl (C=O) groups is 4. The number of nitrogens with zero attached hydrogens (tertiary/aromatic N) is 1. The summed E-state index contributed by atoms with van der Waals surface area (Å²) in [6, 6.07) is 12.5. The van der Waals surface area contributed by atoms with Gasteiger partial charge in [-0.1, -0.05) is 53.6 Å². The van der Waals surface area contributed by atoms with Gasteiger partial charge in [0.2, 0.25) is 11.8 Å². The smallest absolute Gasteiger partial charge is 0.234 e. The maximum Gasteiger partial charge on any atom is 0.234 e. The third kappa shape index (κ3) is 3.87. The predicted molar refractivity (Wildman–Crippen MR) is 143 cm³/mol. The summed E-state index contributed by atoms with van der Waals surface area (Å²) in [5.74, 6) is -3.32. The van der Waals surface area contributed by atoms with Crippen LogP contribution in [0.3, 0.4) is 0 Å². The number of methoxy groups -OCH3 is 1. The summed E-state index contributed by atoms with van der Waals surface area (Å²) in [7, 11) is 1.40. The Bertz CT molecular complexity index is 1550. The van der Waals surface area contributed by atoms with Crippen LogP contribution in [-0.4, -0.2) is 40.5 Å². The topological polar surface area (TPSA) is 101 Å². The number of imide groups is 1. The summed E-state index contributed by atoms with van der Waals surface area (Å²) >= 11 is 6.35. The molecule has 1 fully saturated rings. The van der Waals surface area contributed by atoms with Crippen LogP contribution in [0.1, 0.15) is 36.8 Å². The van der Waals surface area contributed by atoms with E-state index in [0.29, 0.717) is 28.7 Å². The fourth-order valence-corrected chi connectivity index (χ4v) is 6.88. The summed E-state index contributed by atoms with van der Waals surface area (Å²) in [6.45, 7) is 1.80. The summed E-state index contributed by atoms with van der Waals surface area (Å²) in [5.41, 5.74) is 3.32. The highest BCUT2D eigenvalue weighted by Crippen LogP contribution is 2.56.